The van der Waals surface area contributed by atoms with Crippen molar-refractivity contribution in [2.45, 2.75) is 59.5 Å². The zero-order valence-electron chi connectivity index (χ0n) is 36.1. The van der Waals surface area contributed by atoms with Crippen LogP contribution in [0.4, 0.5) is 0 Å². The standard InChI is InChI=1S/C50H47Cl2N5O8/c1-31-37(28-64-48-16-46(62-26-35-12-33(18-53)20-55-22-35)39(14-43(48)51)24-57-10-11-61-30-45(57)50(59)60)6-4-8-41(31)42-9-5-7-38(32(42)2)29-65-49-17-47(40(25-58)15-44(49)52)63-27-36-13-34(19-54-3)21-56-23-36/h4-9,12-17,19-23,45,58H,10-11,24-30H2,1-3H3,(H,59,60)/t45-/m1/s1. The second-order valence-electron chi connectivity index (χ2n) is 15.4. The van der Waals surface area contributed by atoms with Crippen molar-refractivity contribution in [1.29, 1.82) is 5.26 Å². The molecule has 0 spiro atoms. The fourth-order valence-electron chi connectivity index (χ4n) is 7.49. The molecule has 6 aromatic rings. The smallest absolute Gasteiger partial charge is 0.323 e. The molecule has 0 radical (unpaired) electrons. The first-order valence-electron chi connectivity index (χ1n) is 20.7. The number of halogens is 2. The molecule has 1 aliphatic heterocycles. The Kier molecular flexibility index (Phi) is 15.7. The van der Waals surface area contributed by atoms with Crippen molar-refractivity contribution in [1.82, 2.24) is 14.9 Å². The number of pyridine rings is 2. The molecule has 0 amide bonds. The minimum Gasteiger partial charge on any atom is -0.488 e. The monoisotopic (exact) mass is 915 g/mol. The Bertz CT molecular complexity index is 2740. The Morgan fingerprint density at radius 3 is 1.95 bits per heavy atom. The van der Waals surface area contributed by atoms with Gasteiger partial charge >= 0.3 is 5.97 Å². The van der Waals surface area contributed by atoms with Crippen molar-refractivity contribution < 1.29 is 38.7 Å². The zero-order chi connectivity index (χ0) is 45.9. The van der Waals surface area contributed by atoms with Gasteiger partial charge < -0.3 is 33.9 Å². The van der Waals surface area contributed by atoms with E-state index >= 15 is 0 Å². The second-order valence-corrected chi connectivity index (χ2v) is 16.2. The van der Waals surface area contributed by atoms with Gasteiger partial charge in [-0.25, -0.2) is 0 Å². The zero-order valence-corrected chi connectivity index (χ0v) is 37.6. The molecule has 0 aliphatic carbocycles. The topological polar surface area (TPSA) is 169 Å². The largest absolute Gasteiger partial charge is 0.488 e. The summed E-state index contributed by atoms with van der Waals surface area (Å²) in [7, 11) is 1.70. The number of carbonyl (C=O) groups is 1. The molecule has 1 saturated heterocycles. The average molecular weight is 917 g/mol. The number of aliphatic hydroxyl groups excluding tert-OH is 1. The van der Waals surface area contributed by atoms with E-state index in [1.165, 1.54) is 6.20 Å². The van der Waals surface area contributed by atoms with Crippen LogP contribution in [0.2, 0.25) is 10.0 Å². The average Bonchev–Trinajstić information content (AvgIpc) is 3.31. The van der Waals surface area contributed by atoms with Crippen LogP contribution in [0, 0.1) is 25.2 Å². The Morgan fingerprint density at radius 2 is 1.37 bits per heavy atom. The van der Waals surface area contributed by atoms with Crippen molar-refractivity contribution >= 4 is 35.4 Å². The van der Waals surface area contributed by atoms with E-state index in [1.807, 2.05) is 42.2 Å². The van der Waals surface area contributed by atoms with Crippen LogP contribution in [0.3, 0.4) is 0 Å². The number of aromatic nitrogens is 2. The number of aliphatic carboxylic acids is 1. The van der Waals surface area contributed by atoms with E-state index in [0.717, 1.165) is 44.5 Å². The van der Waals surface area contributed by atoms with Gasteiger partial charge in [-0.1, -0.05) is 59.6 Å². The third kappa shape index (κ3) is 11.6. The number of benzene rings is 4. The number of nitrogens with zero attached hydrogens (tertiary/aromatic N) is 5. The Morgan fingerprint density at radius 1 is 0.800 bits per heavy atom. The molecule has 13 nitrogen and oxygen atoms in total. The molecule has 334 valence electrons. The van der Waals surface area contributed by atoms with Crippen LogP contribution in [-0.2, 0) is 49.1 Å². The Labute approximate surface area is 387 Å². The first kappa shape index (κ1) is 46.5. The van der Waals surface area contributed by atoms with Crippen LogP contribution in [0.25, 0.3) is 11.1 Å². The van der Waals surface area contributed by atoms with E-state index in [9.17, 15) is 20.3 Å². The molecule has 2 aromatic heterocycles. The molecule has 0 bridgehead atoms. The molecule has 0 unspecified atom stereocenters. The van der Waals surface area contributed by atoms with E-state index in [4.69, 9.17) is 46.9 Å². The van der Waals surface area contributed by atoms with Gasteiger partial charge in [-0.2, -0.15) is 5.26 Å². The molecule has 4 aromatic carbocycles. The predicted molar refractivity (Wildman–Crippen MR) is 247 cm³/mol. The number of nitriles is 1. The molecular formula is C50H47Cl2N5O8. The van der Waals surface area contributed by atoms with Crippen molar-refractivity contribution in [3.05, 3.63) is 163 Å². The number of morpholine rings is 1. The minimum atomic E-state index is -0.976. The minimum absolute atomic E-state index is 0.0702. The van der Waals surface area contributed by atoms with Gasteiger partial charge in [-0.15, -0.1) is 0 Å². The highest BCUT2D eigenvalue weighted by Gasteiger charge is 2.30. The van der Waals surface area contributed by atoms with Crippen LogP contribution in [0.1, 0.15) is 55.6 Å². The van der Waals surface area contributed by atoms with Crippen molar-refractivity contribution in [3.8, 4) is 40.2 Å². The lowest BCUT2D eigenvalue weighted by Crippen LogP contribution is -2.49. The third-order valence-electron chi connectivity index (χ3n) is 11.1. The second kappa shape index (κ2) is 21.9. The SMILES string of the molecule is CN=Cc1cncc(COc2cc(OCc3cccc(-c4cccc(COc5cc(OCc6cncc(C#N)c6)c(CN6CCOC[C@@H]6C(=O)O)cc5Cl)c4C)c3C)c(Cl)cc2CO)c1. The Hall–Kier alpha value is -6.53. The maximum atomic E-state index is 12.1. The van der Waals surface area contributed by atoms with Gasteiger partial charge in [0.1, 0.15) is 61.5 Å². The fourth-order valence-corrected chi connectivity index (χ4v) is 7.97. The van der Waals surface area contributed by atoms with Crippen LogP contribution >= 0.6 is 23.2 Å². The molecule has 1 atom stereocenters. The molecule has 3 heterocycles. The summed E-state index contributed by atoms with van der Waals surface area (Å²) in [6.45, 7) is 5.72. The first-order valence-corrected chi connectivity index (χ1v) is 21.5. The van der Waals surface area contributed by atoms with Gasteiger partial charge in [0, 0.05) is 91.1 Å². The van der Waals surface area contributed by atoms with Crippen LogP contribution in [0.15, 0.2) is 103 Å². The fraction of sp³-hybridized carbons (Fsp3) is 0.260. The highest BCUT2D eigenvalue weighted by molar-refractivity contribution is 6.32. The number of aliphatic imine (C=N–C) groups is 1. The first-order chi connectivity index (χ1) is 31.5. The molecule has 1 aliphatic rings. The highest BCUT2D eigenvalue weighted by Crippen LogP contribution is 2.38. The van der Waals surface area contributed by atoms with Crippen molar-refractivity contribution in [2.75, 3.05) is 26.8 Å². The van der Waals surface area contributed by atoms with Gasteiger partial charge in [0.2, 0.25) is 0 Å². The van der Waals surface area contributed by atoms with Gasteiger partial charge in [0.15, 0.2) is 0 Å². The quantitative estimate of drug-likeness (QED) is 0.0786. The number of ether oxygens (including phenoxy) is 5. The van der Waals surface area contributed by atoms with Crippen molar-refractivity contribution in [2.24, 2.45) is 4.99 Å². The third-order valence-corrected chi connectivity index (χ3v) is 11.6. The lowest BCUT2D eigenvalue weighted by atomic mass is 9.92. The van der Waals surface area contributed by atoms with E-state index in [2.05, 4.69) is 40.1 Å². The number of aliphatic hydroxyl groups is 1. The van der Waals surface area contributed by atoms with Crippen LogP contribution in [0.5, 0.6) is 23.0 Å². The van der Waals surface area contributed by atoms with Gasteiger partial charge in [-0.3, -0.25) is 24.7 Å². The van der Waals surface area contributed by atoms with E-state index in [-0.39, 0.29) is 46.2 Å². The molecule has 0 saturated carbocycles. The molecule has 2 N–H and O–H groups in total. The molecule has 15 heteroatoms. The van der Waals surface area contributed by atoms with Gasteiger partial charge in [-0.05, 0) is 71.5 Å². The lowest BCUT2D eigenvalue weighted by molar-refractivity contribution is -0.150. The number of rotatable bonds is 18. The Balaban J connectivity index is 1.08. The van der Waals surface area contributed by atoms with E-state index < -0.39 is 12.0 Å². The summed E-state index contributed by atoms with van der Waals surface area (Å²) in [5, 5.41) is 30.0. The normalized spacial score (nSPS) is 14.0. The number of hydrogen-bond acceptors (Lipinski definition) is 12. The van der Waals surface area contributed by atoms with Crippen LogP contribution in [-0.4, -0.2) is 70.1 Å². The number of carboxylic acid groups (broad SMARTS) is 1. The van der Waals surface area contributed by atoms with Gasteiger partial charge in [0.25, 0.3) is 0 Å². The maximum Gasteiger partial charge on any atom is 0.323 e. The van der Waals surface area contributed by atoms with Crippen molar-refractivity contribution in [3.63, 3.8) is 0 Å². The van der Waals surface area contributed by atoms with E-state index in [1.54, 1.807) is 62.2 Å². The lowest BCUT2D eigenvalue weighted by Gasteiger charge is -2.33. The highest BCUT2D eigenvalue weighted by atomic mass is 35.5. The maximum absolute atomic E-state index is 12.1. The number of carboxylic acids is 1. The van der Waals surface area contributed by atoms with E-state index in [0.29, 0.717) is 68.4 Å². The summed E-state index contributed by atoms with van der Waals surface area (Å²) in [6.07, 6.45) is 8.25. The van der Waals surface area contributed by atoms with Crippen LogP contribution < -0.4 is 18.9 Å². The summed E-state index contributed by atoms with van der Waals surface area (Å²) in [6, 6.07) is 23.9. The molecule has 7 rings (SSSR count). The molecule has 65 heavy (non-hydrogen) atoms. The number of hydrogen-bond donors (Lipinski definition) is 2. The molecule has 1 fully saturated rings. The summed E-state index contributed by atoms with van der Waals surface area (Å²) in [5.41, 5.74) is 9.97. The summed E-state index contributed by atoms with van der Waals surface area (Å²) in [5.74, 6) is 0.734. The molecular weight excluding hydrogens is 869 g/mol. The predicted octanol–water partition coefficient (Wildman–Crippen LogP) is 9.08. The van der Waals surface area contributed by atoms with Gasteiger partial charge in [0.05, 0.1) is 35.4 Å². The summed E-state index contributed by atoms with van der Waals surface area (Å²) in [4.78, 5) is 26.3. The summed E-state index contributed by atoms with van der Waals surface area (Å²) >= 11 is 13.5. The summed E-state index contributed by atoms with van der Waals surface area (Å²) < 4.78 is 30.6.